The highest BCUT2D eigenvalue weighted by atomic mass is 35.5. The van der Waals surface area contributed by atoms with Crippen molar-refractivity contribution in [3.05, 3.63) is 28.8 Å². The molecule has 130 valence electrons. The summed E-state index contributed by atoms with van der Waals surface area (Å²) in [5.41, 5.74) is 2.50. The number of methoxy groups -OCH3 is 1. The van der Waals surface area contributed by atoms with E-state index in [1.54, 1.807) is 6.07 Å². The van der Waals surface area contributed by atoms with E-state index in [0.717, 1.165) is 50.8 Å². The van der Waals surface area contributed by atoms with Gasteiger partial charge < -0.3 is 14.7 Å². The van der Waals surface area contributed by atoms with Crippen molar-refractivity contribution >= 4 is 18.4 Å². The first-order valence-corrected chi connectivity index (χ1v) is 8.28. The van der Waals surface area contributed by atoms with Gasteiger partial charge in [0.25, 0.3) is 0 Å². The molecule has 0 fully saturated rings. The number of benzene rings is 1. The van der Waals surface area contributed by atoms with Gasteiger partial charge in [0.2, 0.25) is 0 Å². The van der Waals surface area contributed by atoms with Crippen molar-refractivity contribution in [3.8, 4) is 5.75 Å². The number of esters is 1. The number of hydrogen-bond donors (Lipinski definition) is 1. The number of aromatic hydroxyl groups is 1. The first-order chi connectivity index (χ1) is 10.6. The van der Waals surface area contributed by atoms with Crippen molar-refractivity contribution in [1.29, 1.82) is 0 Å². The third-order valence-corrected chi connectivity index (χ3v) is 4.50. The lowest BCUT2D eigenvalue weighted by atomic mass is 9.84. The molecular formula is C18H28ClNO3. The molecule has 23 heavy (non-hydrogen) atoms. The van der Waals surface area contributed by atoms with E-state index in [1.165, 1.54) is 12.7 Å². The van der Waals surface area contributed by atoms with Gasteiger partial charge in [0, 0.05) is 6.04 Å². The average molecular weight is 342 g/mol. The number of phenolic OH excluding ortho intramolecular Hbond substituents is 1. The molecule has 1 atom stereocenters. The lowest BCUT2D eigenvalue weighted by Gasteiger charge is -2.35. The van der Waals surface area contributed by atoms with Crippen LogP contribution in [0.2, 0.25) is 0 Å². The van der Waals surface area contributed by atoms with Crippen molar-refractivity contribution < 1.29 is 14.6 Å². The van der Waals surface area contributed by atoms with Crippen LogP contribution >= 0.6 is 12.4 Å². The topological polar surface area (TPSA) is 49.8 Å². The third kappa shape index (κ3) is 4.39. The normalized spacial score (nSPS) is 16.6. The van der Waals surface area contributed by atoms with E-state index in [9.17, 15) is 9.90 Å². The predicted molar refractivity (Wildman–Crippen MR) is 94.7 cm³/mol. The maximum atomic E-state index is 11.9. The molecule has 1 aliphatic rings. The Morgan fingerprint density at radius 2 is 1.96 bits per heavy atom. The largest absolute Gasteiger partial charge is 0.507 e. The summed E-state index contributed by atoms with van der Waals surface area (Å²) in [6.45, 7) is 6.67. The molecule has 0 bridgehead atoms. The predicted octanol–water partition coefficient (Wildman–Crippen LogP) is 3.58. The molecule has 0 aromatic heterocycles. The fraction of sp³-hybridized carbons (Fsp3) is 0.611. The number of rotatable bonds is 6. The molecule has 1 aromatic rings. The van der Waals surface area contributed by atoms with Crippen LogP contribution in [0.15, 0.2) is 12.1 Å². The highest BCUT2D eigenvalue weighted by molar-refractivity contribution is 5.94. The Balaban J connectivity index is 0.00000264. The SMILES string of the molecule is CCCN(CCC)C1CCc2c(ccc(O)c2C(=O)OC)C1.Cl. The van der Waals surface area contributed by atoms with Gasteiger partial charge in [-0.2, -0.15) is 0 Å². The highest BCUT2D eigenvalue weighted by Crippen LogP contribution is 2.32. The Morgan fingerprint density at radius 1 is 1.30 bits per heavy atom. The van der Waals surface area contributed by atoms with Crippen LogP contribution < -0.4 is 0 Å². The summed E-state index contributed by atoms with van der Waals surface area (Å²) in [5, 5.41) is 10.0. The number of nitrogens with zero attached hydrogens (tertiary/aromatic N) is 1. The number of phenols is 1. The molecule has 0 heterocycles. The van der Waals surface area contributed by atoms with Gasteiger partial charge in [-0.15, -0.1) is 12.4 Å². The second kappa shape index (κ2) is 9.14. The molecule has 0 saturated heterocycles. The third-order valence-electron chi connectivity index (χ3n) is 4.50. The van der Waals surface area contributed by atoms with Gasteiger partial charge in [-0.05, 0) is 62.4 Å². The summed E-state index contributed by atoms with van der Waals surface area (Å²) in [6, 6.07) is 4.11. The van der Waals surface area contributed by atoms with Crippen molar-refractivity contribution in [1.82, 2.24) is 4.90 Å². The monoisotopic (exact) mass is 341 g/mol. The van der Waals surface area contributed by atoms with E-state index < -0.39 is 5.97 Å². The quantitative estimate of drug-likeness (QED) is 0.803. The highest BCUT2D eigenvalue weighted by Gasteiger charge is 2.28. The van der Waals surface area contributed by atoms with Gasteiger partial charge in [-0.1, -0.05) is 19.9 Å². The molecular weight excluding hydrogens is 314 g/mol. The molecule has 0 saturated carbocycles. The molecule has 0 radical (unpaired) electrons. The van der Waals surface area contributed by atoms with Crippen LogP contribution in [0.5, 0.6) is 5.75 Å². The minimum atomic E-state index is -0.438. The molecule has 1 unspecified atom stereocenters. The van der Waals surface area contributed by atoms with E-state index >= 15 is 0 Å². The van der Waals surface area contributed by atoms with Gasteiger partial charge in [-0.3, -0.25) is 0 Å². The number of hydrogen-bond acceptors (Lipinski definition) is 4. The Bertz CT molecular complexity index is 527. The molecule has 1 aromatic carbocycles. The second-order valence-electron chi connectivity index (χ2n) is 6.02. The van der Waals surface area contributed by atoms with Crippen LogP contribution in [-0.2, 0) is 17.6 Å². The Hall–Kier alpha value is -1.26. The van der Waals surface area contributed by atoms with E-state index in [0.29, 0.717) is 11.6 Å². The van der Waals surface area contributed by atoms with Crippen molar-refractivity contribution in [2.24, 2.45) is 0 Å². The number of ether oxygens (including phenoxy) is 1. The maximum absolute atomic E-state index is 11.9. The van der Waals surface area contributed by atoms with Gasteiger partial charge >= 0.3 is 5.97 Å². The molecule has 4 nitrogen and oxygen atoms in total. The first-order valence-electron chi connectivity index (χ1n) is 8.28. The van der Waals surface area contributed by atoms with Crippen molar-refractivity contribution in [3.63, 3.8) is 0 Å². The fourth-order valence-electron chi connectivity index (χ4n) is 3.52. The minimum Gasteiger partial charge on any atom is -0.507 e. The zero-order valence-corrected chi connectivity index (χ0v) is 15.1. The average Bonchev–Trinajstić information content (AvgIpc) is 2.53. The molecule has 0 spiro atoms. The molecule has 1 N–H and O–H groups in total. The summed E-state index contributed by atoms with van der Waals surface area (Å²) in [7, 11) is 1.36. The molecule has 5 heteroatoms. The summed E-state index contributed by atoms with van der Waals surface area (Å²) in [6.07, 6.45) is 5.11. The lowest BCUT2D eigenvalue weighted by molar-refractivity contribution is 0.0595. The summed E-state index contributed by atoms with van der Waals surface area (Å²) < 4.78 is 4.83. The zero-order chi connectivity index (χ0) is 16.1. The van der Waals surface area contributed by atoms with Gasteiger partial charge in [0.05, 0.1) is 7.11 Å². The van der Waals surface area contributed by atoms with Crippen LogP contribution in [0.1, 0.15) is 54.6 Å². The van der Waals surface area contributed by atoms with Gasteiger partial charge in [0.1, 0.15) is 11.3 Å². The first kappa shape index (κ1) is 19.8. The minimum absolute atomic E-state index is 0. The Morgan fingerprint density at radius 3 is 2.52 bits per heavy atom. The molecule has 2 rings (SSSR count). The number of fused-ring (bicyclic) bond motifs is 1. The van der Waals surface area contributed by atoms with Crippen LogP contribution in [0, 0.1) is 0 Å². The number of carbonyl (C=O) groups is 1. The van der Waals surface area contributed by atoms with Crippen molar-refractivity contribution in [2.45, 2.75) is 52.0 Å². The lowest BCUT2D eigenvalue weighted by Crippen LogP contribution is -2.40. The molecule has 0 aliphatic heterocycles. The van der Waals surface area contributed by atoms with Crippen LogP contribution in [-0.4, -0.2) is 42.2 Å². The summed E-state index contributed by atoms with van der Waals surface area (Å²) >= 11 is 0. The number of carbonyl (C=O) groups excluding carboxylic acids is 1. The fourth-order valence-corrected chi connectivity index (χ4v) is 3.52. The van der Waals surface area contributed by atoms with Crippen LogP contribution in [0.3, 0.4) is 0 Å². The van der Waals surface area contributed by atoms with E-state index in [1.807, 2.05) is 6.07 Å². The zero-order valence-electron chi connectivity index (χ0n) is 14.3. The molecule has 0 amide bonds. The molecule has 1 aliphatic carbocycles. The van der Waals surface area contributed by atoms with E-state index in [-0.39, 0.29) is 18.2 Å². The summed E-state index contributed by atoms with van der Waals surface area (Å²) in [5.74, 6) is -0.408. The Labute approximate surface area is 145 Å². The van der Waals surface area contributed by atoms with Gasteiger partial charge in [-0.25, -0.2) is 4.79 Å². The van der Waals surface area contributed by atoms with Crippen LogP contribution in [0.4, 0.5) is 0 Å². The standard InChI is InChI=1S/C18H27NO3.ClH/c1-4-10-19(11-5-2)14-7-8-15-13(12-14)6-9-16(20)17(15)18(21)22-3;/h6,9,14,20H,4-5,7-8,10-12H2,1-3H3;1H. The van der Waals surface area contributed by atoms with E-state index in [4.69, 9.17) is 4.74 Å². The second-order valence-corrected chi connectivity index (χ2v) is 6.02. The Kier molecular flexibility index (Phi) is 7.86. The summed E-state index contributed by atoms with van der Waals surface area (Å²) in [4.78, 5) is 14.5. The van der Waals surface area contributed by atoms with Gasteiger partial charge in [0.15, 0.2) is 0 Å². The van der Waals surface area contributed by atoms with Crippen molar-refractivity contribution in [2.75, 3.05) is 20.2 Å². The van der Waals surface area contributed by atoms with E-state index in [2.05, 4.69) is 18.7 Å². The maximum Gasteiger partial charge on any atom is 0.341 e. The number of halogens is 1. The van der Waals surface area contributed by atoms with Crippen LogP contribution in [0.25, 0.3) is 0 Å². The smallest absolute Gasteiger partial charge is 0.341 e.